The molecule has 110 valence electrons. The van der Waals surface area contributed by atoms with E-state index >= 15 is 0 Å². The maximum Gasteiger partial charge on any atom is 0.410 e. The van der Waals surface area contributed by atoms with E-state index in [9.17, 15) is 18.0 Å². The van der Waals surface area contributed by atoms with Gasteiger partial charge in [0.25, 0.3) is 0 Å². The third kappa shape index (κ3) is 2.07. The first-order valence-corrected chi connectivity index (χ1v) is 6.21. The van der Waals surface area contributed by atoms with Gasteiger partial charge in [-0.3, -0.25) is 0 Å². The van der Waals surface area contributed by atoms with Crippen molar-refractivity contribution in [2.45, 2.75) is 39.0 Å². The number of halogens is 3. The fraction of sp³-hybridized carbons (Fsp3) is 0.917. The van der Waals surface area contributed by atoms with Gasteiger partial charge in [0.2, 0.25) is 0 Å². The molecule has 2 fully saturated rings. The summed E-state index contributed by atoms with van der Waals surface area (Å²) in [6.45, 7) is 4.66. The van der Waals surface area contributed by atoms with Crippen molar-refractivity contribution < 1.29 is 22.7 Å². The van der Waals surface area contributed by atoms with E-state index in [-0.39, 0.29) is 26.1 Å². The van der Waals surface area contributed by atoms with E-state index in [1.54, 1.807) is 20.8 Å². The number of hydrogen-bond acceptors (Lipinski definition) is 3. The van der Waals surface area contributed by atoms with E-state index in [1.165, 1.54) is 0 Å². The first-order chi connectivity index (χ1) is 8.46. The highest BCUT2D eigenvalue weighted by atomic mass is 19.4. The van der Waals surface area contributed by atoms with Crippen molar-refractivity contribution >= 4 is 6.09 Å². The summed E-state index contributed by atoms with van der Waals surface area (Å²) in [6.07, 6.45) is -5.02. The van der Waals surface area contributed by atoms with Crippen molar-refractivity contribution in [3.63, 3.8) is 0 Å². The van der Waals surface area contributed by atoms with Gasteiger partial charge in [0.05, 0.1) is 5.41 Å². The third-order valence-corrected chi connectivity index (χ3v) is 4.07. The number of carbonyl (C=O) groups is 1. The molecule has 19 heavy (non-hydrogen) atoms. The van der Waals surface area contributed by atoms with Crippen LogP contribution < -0.4 is 5.73 Å². The smallest absolute Gasteiger partial charge is 0.410 e. The zero-order valence-corrected chi connectivity index (χ0v) is 11.3. The number of nitrogens with zero attached hydrogens (tertiary/aromatic N) is 1. The standard InChI is InChI=1S/C12H19F3N2O2/c1-9(2,3)19-8(18)17-6-10(5-16)4-11(10,7-17)12(13,14)15/h4-7,16H2,1-3H3. The fourth-order valence-electron chi connectivity index (χ4n) is 2.99. The normalized spacial score (nSPS) is 34.2. The Hall–Kier alpha value is -0.980. The summed E-state index contributed by atoms with van der Waals surface area (Å²) >= 11 is 0. The second-order valence-corrected chi connectivity index (χ2v) is 6.58. The molecule has 1 aliphatic heterocycles. The summed E-state index contributed by atoms with van der Waals surface area (Å²) in [7, 11) is 0. The van der Waals surface area contributed by atoms with Crippen LogP contribution in [0.3, 0.4) is 0 Å². The van der Waals surface area contributed by atoms with Crippen LogP contribution in [0.4, 0.5) is 18.0 Å². The number of hydrogen-bond donors (Lipinski definition) is 1. The molecule has 2 N–H and O–H groups in total. The van der Waals surface area contributed by atoms with Crippen molar-refractivity contribution in [3.05, 3.63) is 0 Å². The van der Waals surface area contributed by atoms with E-state index in [0.29, 0.717) is 0 Å². The van der Waals surface area contributed by atoms with Crippen LogP contribution in [0.15, 0.2) is 0 Å². The Balaban J connectivity index is 2.13. The zero-order valence-electron chi connectivity index (χ0n) is 11.3. The lowest BCUT2D eigenvalue weighted by molar-refractivity contribution is -0.192. The number of alkyl halides is 3. The number of ether oxygens (including phenoxy) is 1. The number of rotatable bonds is 1. The minimum Gasteiger partial charge on any atom is -0.444 e. The molecule has 0 radical (unpaired) electrons. The molecule has 1 saturated carbocycles. The predicted octanol–water partition coefficient (Wildman–Crippen LogP) is 2.13. The highest BCUT2D eigenvalue weighted by molar-refractivity contribution is 5.69. The number of amides is 1. The largest absolute Gasteiger partial charge is 0.444 e. The molecule has 0 aromatic heterocycles. The summed E-state index contributed by atoms with van der Waals surface area (Å²) < 4.78 is 44.6. The summed E-state index contributed by atoms with van der Waals surface area (Å²) in [6, 6.07) is 0. The van der Waals surface area contributed by atoms with Gasteiger partial charge in [-0.1, -0.05) is 0 Å². The Morgan fingerprint density at radius 2 is 1.89 bits per heavy atom. The first-order valence-electron chi connectivity index (χ1n) is 6.21. The lowest BCUT2D eigenvalue weighted by Crippen LogP contribution is -2.39. The van der Waals surface area contributed by atoms with Gasteiger partial charge in [-0.25, -0.2) is 4.79 Å². The Morgan fingerprint density at radius 3 is 2.26 bits per heavy atom. The minimum atomic E-state index is -4.33. The van der Waals surface area contributed by atoms with Crippen LogP contribution in [0.25, 0.3) is 0 Å². The average Bonchev–Trinajstić information content (AvgIpc) is 2.74. The number of carbonyl (C=O) groups excluding carboxylic acids is 1. The summed E-state index contributed by atoms with van der Waals surface area (Å²) in [5.41, 5.74) is 1.95. The Kier molecular flexibility index (Phi) is 2.87. The summed E-state index contributed by atoms with van der Waals surface area (Å²) in [5.74, 6) is 0. The fourth-order valence-corrected chi connectivity index (χ4v) is 2.99. The van der Waals surface area contributed by atoms with Gasteiger partial charge in [0.1, 0.15) is 5.60 Å². The van der Waals surface area contributed by atoms with Crippen LogP contribution >= 0.6 is 0 Å². The van der Waals surface area contributed by atoms with Crippen LogP contribution in [0.1, 0.15) is 27.2 Å². The average molecular weight is 280 g/mol. The second-order valence-electron chi connectivity index (χ2n) is 6.58. The summed E-state index contributed by atoms with van der Waals surface area (Å²) in [4.78, 5) is 13.0. The van der Waals surface area contributed by atoms with Gasteiger partial charge in [-0.05, 0) is 27.2 Å². The lowest BCUT2D eigenvalue weighted by Gasteiger charge is -2.26. The molecular formula is C12H19F3N2O2. The molecule has 1 saturated heterocycles. The number of likely N-dealkylation sites (tertiary alicyclic amines) is 1. The molecule has 1 amide bonds. The van der Waals surface area contributed by atoms with Gasteiger partial charge in [0, 0.05) is 25.0 Å². The monoisotopic (exact) mass is 280 g/mol. The molecule has 1 aliphatic carbocycles. The highest BCUT2D eigenvalue weighted by Crippen LogP contribution is 2.74. The zero-order chi connectivity index (χ0) is 14.7. The molecule has 7 heteroatoms. The van der Waals surface area contributed by atoms with Crippen LogP contribution in [0.2, 0.25) is 0 Å². The van der Waals surface area contributed by atoms with E-state index in [1.807, 2.05) is 0 Å². The van der Waals surface area contributed by atoms with Crippen molar-refractivity contribution in [3.8, 4) is 0 Å². The molecule has 2 rings (SSSR count). The molecule has 0 spiro atoms. The second kappa shape index (κ2) is 3.77. The van der Waals surface area contributed by atoms with Gasteiger partial charge in [0.15, 0.2) is 0 Å². The topological polar surface area (TPSA) is 55.6 Å². The molecule has 4 nitrogen and oxygen atoms in total. The molecule has 2 aliphatic rings. The molecule has 2 unspecified atom stereocenters. The predicted molar refractivity (Wildman–Crippen MR) is 62.4 cm³/mol. The van der Waals surface area contributed by atoms with Crippen molar-refractivity contribution in [1.82, 2.24) is 4.90 Å². The molecule has 1 heterocycles. The van der Waals surface area contributed by atoms with E-state index < -0.39 is 28.7 Å². The maximum absolute atomic E-state index is 13.2. The molecule has 0 bridgehead atoms. The van der Waals surface area contributed by atoms with Gasteiger partial charge >= 0.3 is 12.3 Å². The van der Waals surface area contributed by atoms with Crippen molar-refractivity contribution in [2.24, 2.45) is 16.6 Å². The van der Waals surface area contributed by atoms with E-state index in [2.05, 4.69) is 0 Å². The van der Waals surface area contributed by atoms with Crippen LogP contribution in [-0.4, -0.2) is 42.4 Å². The van der Waals surface area contributed by atoms with E-state index in [4.69, 9.17) is 10.5 Å². The maximum atomic E-state index is 13.2. The lowest BCUT2D eigenvalue weighted by atomic mass is 9.96. The first kappa shape index (κ1) is 14.4. The Bertz CT molecular complexity index is 405. The van der Waals surface area contributed by atoms with Crippen LogP contribution in [0, 0.1) is 10.8 Å². The number of fused-ring (bicyclic) bond motifs is 1. The highest BCUT2D eigenvalue weighted by Gasteiger charge is 2.83. The molecule has 0 aromatic rings. The molecule has 0 aromatic carbocycles. The molecular weight excluding hydrogens is 261 g/mol. The van der Waals surface area contributed by atoms with Gasteiger partial charge in [-0.2, -0.15) is 13.2 Å². The van der Waals surface area contributed by atoms with E-state index in [0.717, 1.165) is 4.90 Å². The minimum absolute atomic E-state index is 0.0132. The van der Waals surface area contributed by atoms with Gasteiger partial charge in [-0.15, -0.1) is 0 Å². The van der Waals surface area contributed by atoms with Crippen molar-refractivity contribution in [2.75, 3.05) is 19.6 Å². The van der Waals surface area contributed by atoms with Crippen molar-refractivity contribution in [1.29, 1.82) is 0 Å². The van der Waals surface area contributed by atoms with Gasteiger partial charge < -0.3 is 15.4 Å². The van der Waals surface area contributed by atoms with Crippen LogP contribution in [0.5, 0.6) is 0 Å². The SMILES string of the molecule is CC(C)(C)OC(=O)N1CC2(CN)CC2(C(F)(F)F)C1. The quantitative estimate of drug-likeness (QED) is 0.800. The van der Waals surface area contributed by atoms with Crippen LogP contribution in [-0.2, 0) is 4.74 Å². The number of piperidine rings is 1. The third-order valence-electron chi connectivity index (χ3n) is 4.07. The molecule has 2 atom stereocenters. The Morgan fingerprint density at radius 1 is 1.32 bits per heavy atom. The number of nitrogens with two attached hydrogens (primary N) is 1. The summed E-state index contributed by atoms with van der Waals surface area (Å²) in [5, 5.41) is 0. The Labute approximate surface area is 110 Å².